The van der Waals surface area contributed by atoms with Crippen LogP contribution in [0.1, 0.15) is 16.1 Å². The number of amides is 1. The van der Waals surface area contributed by atoms with E-state index in [1.165, 1.54) is 11.3 Å². The van der Waals surface area contributed by atoms with E-state index in [9.17, 15) is 4.79 Å². The number of likely N-dealkylation sites (N-methyl/N-ethyl adjacent to an activating group) is 1. The van der Waals surface area contributed by atoms with E-state index < -0.39 is 0 Å². The third-order valence-electron chi connectivity index (χ3n) is 3.29. The van der Waals surface area contributed by atoms with Crippen LogP contribution in [-0.4, -0.2) is 62.1 Å². The predicted molar refractivity (Wildman–Crippen MR) is 82.2 cm³/mol. The van der Waals surface area contributed by atoms with Crippen LogP contribution in [0.15, 0.2) is 0 Å². The van der Waals surface area contributed by atoms with Gasteiger partial charge in [0, 0.05) is 32.7 Å². The Hall–Kier alpha value is -1.38. The number of nitrogen functional groups attached to an aromatic ring is 1. The van der Waals surface area contributed by atoms with E-state index in [-0.39, 0.29) is 5.91 Å². The van der Waals surface area contributed by atoms with Crippen molar-refractivity contribution < 1.29 is 4.79 Å². The van der Waals surface area contributed by atoms with Crippen molar-refractivity contribution in [3.05, 3.63) is 4.88 Å². The average Bonchev–Trinajstić information content (AvgIpc) is 2.82. The maximum Gasteiger partial charge on any atom is 0.265 e. The lowest BCUT2D eigenvalue weighted by Gasteiger charge is -2.31. The molecule has 112 valence electrons. The number of nitrogens with one attached hydrogen (secondary N) is 1. The lowest BCUT2D eigenvalue weighted by atomic mass is 10.3. The maximum absolute atomic E-state index is 12.0. The highest BCUT2D eigenvalue weighted by Gasteiger charge is 2.21. The van der Waals surface area contributed by atoms with Gasteiger partial charge < -0.3 is 26.6 Å². The number of piperazine rings is 1. The molecule has 1 fully saturated rings. The fraction of sp³-hybridized carbons (Fsp3) is 0.667. The summed E-state index contributed by atoms with van der Waals surface area (Å²) in [4.78, 5) is 21.3. The molecule has 20 heavy (non-hydrogen) atoms. The summed E-state index contributed by atoms with van der Waals surface area (Å²) >= 11 is 1.36. The molecule has 0 unspecified atom stereocenters. The zero-order valence-electron chi connectivity index (χ0n) is 11.8. The number of carbonyl (C=O) groups excluding carboxylic acids is 1. The minimum atomic E-state index is -0.158. The molecule has 5 N–H and O–H groups in total. The maximum atomic E-state index is 12.0. The average molecular weight is 298 g/mol. The van der Waals surface area contributed by atoms with Crippen molar-refractivity contribution >= 4 is 28.2 Å². The van der Waals surface area contributed by atoms with Gasteiger partial charge in [-0.15, -0.1) is 0 Å². The molecule has 1 saturated heterocycles. The van der Waals surface area contributed by atoms with Gasteiger partial charge in [-0.1, -0.05) is 11.3 Å². The Labute approximate surface area is 122 Å². The zero-order valence-corrected chi connectivity index (χ0v) is 12.6. The standard InChI is InChI=1S/C12H22N6OS/c1-17-5-7-18(8-6-17)12-16-10(14)9(20-12)11(19)15-4-2-3-13/h2-8,13-14H2,1H3,(H,15,19). The molecule has 0 radical (unpaired) electrons. The molecule has 0 bridgehead atoms. The first kappa shape index (κ1) is 15.0. The monoisotopic (exact) mass is 298 g/mol. The fourth-order valence-electron chi connectivity index (χ4n) is 2.00. The van der Waals surface area contributed by atoms with Crippen molar-refractivity contribution in [2.24, 2.45) is 5.73 Å². The molecule has 0 aliphatic carbocycles. The second kappa shape index (κ2) is 6.87. The summed E-state index contributed by atoms with van der Waals surface area (Å²) in [6, 6.07) is 0. The summed E-state index contributed by atoms with van der Waals surface area (Å²) in [5, 5.41) is 3.64. The van der Waals surface area contributed by atoms with Gasteiger partial charge in [-0.2, -0.15) is 0 Å². The van der Waals surface area contributed by atoms with Crippen molar-refractivity contribution in [1.29, 1.82) is 0 Å². The summed E-state index contributed by atoms with van der Waals surface area (Å²) in [6.07, 6.45) is 0.760. The van der Waals surface area contributed by atoms with Gasteiger partial charge in [0.15, 0.2) is 5.13 Å². The quantitative estimate of drug-likeness (QED) is 0.637. The van der Waals surface area contributed by atoms with Gasteiger partial charge in [0.1, 0.15) is 10.7 Å². The molecular formula is C12H22N6OS. The molecule has 0 aromatic carbocycles. The predicted octanol–water partition coefficient (Wildman–Crippen LogP) is -0.444. The molecule has 0 atom stereocenters. The minimum Gasteiger partial charge on any atom is -0.382 e. The highest BCUT2D eigenvalue weighted by molar-refractivity contribution is 7.18. The first-order valence-electron chi connectivity index (χ1n) is 6.80. The highest BCUT2D eigenvalue weighted by Crippen LogP contribution is 2.28. The molecular weight excluding hydrogens is 276 g/mol. The number of hydrogen-bond acceptors (Lipinski definition) is 7. The number of rotatable bonds is 5. The first-order valence-corrected chi connectivity index (χ1v) is 7.61. The molecule has 0 spiro atoms. The molecule has 8 heteroatoms. The van der Waals surface area contributed by atoms with E-state index >= 15 is 0 Å². The Kier molecular flexibility index (Phi) is 5.16. The van der Waals surface area contributed by atoms with E-state index in [1.54, 1.807) is 0 Å². The van der Waals surface area contributed by atoms with Crippen LogP contribution < -0.4 is 21.7 Å². The van der Waals surface area contributed by atoms with Crippen LogP contribution in [0.5, 0.6) is 0 Å². The van der Waals surface area contributed by atoms with Crippen LogP contribution in [0.25, 0.3) is 0 Å². The van der Waals surface area contributed by atoms with Crippen molar-refractivity contribution in [1.82, 2.24) is 15.2 Å². The number of nitrogens with zero attached hydrogens (tertiary/aromatic N) is 3. The normalized spacial score (nSPS) is 16.4. The van der Waals surface area contributed by atoms with Crippen molar-refractivity contribution in [2.75, 3.05) is 56.9 Å². The third kappa shape index (κ3) is 3.59. The van der Waals surface area contributed by atoms with Crippen LogP contribution >= 0.6 is 11.3 Å². The number of anilines is 2. The van der Waals surface area contributed by atoms with Crippen LogP contribution in [0.4, 0.5) is 10.9 Å². The Morgan fingerprint density at radius 2 is 2.10 bits per heavy atom. The number of hydrogen-bond donors (Lipinski definition) is 3. The van der Waals surface area contributed by atoms with Gasteiger partial charge in [-0.25, -0.2) is 4.98 Å². The van der Waals surface area contributed by atoms with Gasteiger partial charge in [-0.3, -0.25) is 4.79 Å². The van der Waals surface area contributed by atoms with Gasteiger partial charge in [-0.05, 0) is 20.0 Å². The summed E-state index contributed by atoms with van der Waals surface area (Å²) in [6.45, 7) is 4.95. The lowest BCUT2D eigenvalue weighted by Crippen LogP contribution is -2.44. The highest BCUT2D eigenvalue weighted by atomic mass is 32.1. The largest absolute Gasteiger partial charge is 0.382 e. The SMILES string of the molecule is CN1CCN(c2nc(N)c(C(=O)NCCCN)s2)CC1. The first-order chi connectivity index (χ1) is 9.61. The number of aromatic nitrogens is 1. The van der Waals surface area contributed by atoms with Gasteiger partial charge in [0.2, 0.25) is 0 Å². The summed E-state index contributed by atoms with van der Waals surface area (Å²) in [7, 11) is 2.10. The van der Waals surface area contributed by atoms with Crippen molar-refractivity contribution in [3.8, 4) is 0 Å². The molecule has 1 aromatic heterocycles. The van der Waals surface area contributed by atoms with Crippen LogP contribution in [0.3, 0.4) is 0 Å². The second-order valence-electron chi connectivity index (χ2n) is 4.90. The van der Waals surface area contributed by atoms with E-state index in [0.717, 1.165) is 37.7 Å². The molecule has 0 saturated carbocycles. The van der Waals surface area contributed by atoms with Crippen LogP contribution in [0.2, 0.25) is 0 Å². The minimum absolute atomic E-state index is 0.158. The van der Waals surface area contributed by atoms with E-state index in [4.69, 9.17) is 11.5 Å². The molecule has 1 aromatic rings. The fourth-order valence-corrected chi connectivity index (χ4v) is 2.95. The molecule has 7 nitrogen and oxygen atoms in total. The Morgan fingerprint density at radius 3 is 2.75 bits per heavy atom. The van der Waals surface area contributed by atoms with Gasteiger partial charge >= 0.3 is 0 Å². The third-order valence-corrected chi connectivity index (χ3v) is 4.42. The molecule has 1 aliphatic heterocycles. The summed E-state index contributed by atoms with van der Waals surface area (Å²) < 4.78 is 0. The van der Waals surface area contributed by atoms with Crippen molar-refractivity contribution in [2.45, 2.75) is 6.42 Å². The molecule has 2 rings (SSSR count). The lowest BCUT2D eigenvalue weighted by molar-refractivity contribution is 0.0958. The number of carbonyl (C=O) groups is 1. The van der Waals surface area contributed by atoms with Gasteiger partial charge in [0.05, 0.1) is 0 Å². The van der Waals surface area contributed by atoms with Crippen molar-refractivity contribution in [3.63, 3.8) is 0 Å². The topological polar surface area (TPSA) is 101 Å². The molecule has 1 amide bonds. The summed E-state index contributed by atoms with van der Waals surface area (Å²) in [5.74, 6) is 0.156. The van der Waals surface area contributed by atoms with Gasteiger partial charge in [0.25, 0.3) is 5.91 Å². The Bertz CT molecular complexity index is 455. The Morgan fingerprint density at radius 1 is 1.40 bits per heavy atom. The van der Waals surface area contributed by atoms with E-state index in [2.05, 4.69) is 27.1 Å². The van der Waals surface area contributed by atoms with Crippen LogP contribution in [0, 0.1) is 0 Å². The second-order valence-corrected chi connectivity index (χ2v) is 5.88. The smallest absolute Gasteiger partial charge is 0.265 e. The summed E-state index contributed by atoms with van der Waals surface area (Å²) in [5.41, 5.74) is 11.3. The van der Waals surface area contributed by atoms with E-state index in [0.29, 0.717) is 23.8 Å². The number of thiazole rings is 1. The van der Waals surface area contributed by atoms with Crippen LogP contribution in [-0.2, 0) is 0 Å². The molecule has 1 aliphatic rings. The number of nitrogens with two attached hydrogens (primary N) is 2. The Balaban J connectivity index is 2.00. The zero-order chi connectivity index (χ0) is 14.5. The molecule has 2 heterocycles. The van der Waals surface area contributed by atoms with E-state index in [1.807, 2.05) is 0 Å².